The van der Waals surface area contributed by atoms with Crippen molar-refractivity contribution < 1.29 is 23.5 Å². The van der Waals surface area contributed by atoms with E-state index in [1.165, 1.54) is 31.2 Å². The van der Waals surface area contributed by atoms with Crippen LogP contribution in [0.15, 0.2) is 72.8 Å². The quantitative estimate of drug-likeness (QED) is 0.611. The van der Waals surface area contributed by atoms with Crippen molar-refractivity contribution in [3.05, 3.63) is 95.3 Å². The summed E-state index contributed by atoms with van der Waals surface area (Å²) < 4.78 is 18.5. The highest BCUT2D eigenvalue weighted by Gasteiger charge is 2.11. The largest absolute Gasteiger partial charge is 0.485 e. The van der Waals surface area contributed by atoms with Crippen LogP contribution in [0.3, 0.4) is 0 Å². The third kappa shape index (κ3) is 5.35. The van der Waals surface area contributed by atoms with Gasteiger partial charge in [-0.2, -0.15) is 0 Å². The van der Waals surface area contributed by atoms with Gasteiger partial charge in [0.15, 0.2) is 18.2 Å². The standard InChI is InChI=1S/C23H18FNO4/c1-15(26)25-20-10-4-16(5-11-20)22(27)14-29-21-12-6-18(7-13-21)23(28)17-2-8-19(24)9-3-17/h2-13H,14H2,1H3,(H,25,26). The van der Waals surface area contributed by atoms with Crippen LogP contribution < -0.4 is 10.1 Å². The topological polar surface area (TPSA) is 72.5 Å². The zero-order valence-electron chi connectivity index (χ0n) is 15.6. The minimum atomic E-state index is -0.403. The van der Waals surface area contributed by atoms with Crippen molar-refractivity contribution >= 4 is 23.2 Å². The number of hydrogen-bond acceptors (Lipinski definition) is 4. The van der Waals surface area contributed by atoms with Gasteiger partial charge in [-0.05, 0) is 72.8 Å². The molecule has 0 aliphatic carbocycles. The summed E-state index contributed by atoms with van der Waals surface area (Å²) in [7, 11) is 0. The number of ether oxygens (including phenoxy) is 1. The molecule has 3 aromatic rings. The van der Waals surface area contributed by atoms with Gasteiger partial charge in [0.25, 0.3) is 0 Å². The summed E-state index contributed by atoms with van der Waals surface area (Å²) in [5.41, 5.74) is 1.89. The molecule has 0 heterocycles. The molecule has 0 unspecified atom stereocenters. The summed E-state index contributed by atoms with van der Waals surface area (Å²) in [5, 5.41) is 2.63. The number of carbonyl (C=O) groups excluding carboxylic acids is 3. The Bertz CT molecular complexity index is 1030. The summed E-state index contributed by atoms with van der Waals surface area (Å²) in [6.07, 6.45) is 0. The maximum absolute atomic E-state index is 13.0. The number of carbonyl (C=O) groups is 3. The monoisotopic (exact) mass is 391 g/mol. The van der Waals surface area contributed by atoms with Crippen molar-refractivity contribution in [3.8, 4) is 5.75 Å². The normalized spacial score (nSPS) is 10.3. The van der Waals surface area contributed by atoms with Gasteiger partial charge in [-0.25, -0.2) is 4.39 Å². The molecule has 0 atom stereocenters. The highest BCUT2D eigenvalue weighted by Crippen LogP contribution is 2.17. The van der Waals surface area contributed by atoms with Gasteiger partial charge in [0.1, 0.15) is 11.6 Å². The number of hydrogen-bond donors (Lipinski definition) is 1. The molecule has 0 aliphatic heterocycles. The lowest BCUT2D eigenvalue weighted by atomic mass is 10.0. The van der Waals surface area contributed by atoms with Crippen LogP contribution in [0.2, 0.25) is 0 Å². The van der Waals surface area contributed by atoms with E-state index >= 15 is 0 Å². The molecule has 0 radical (unpaired) electrons. The van der Waals surface area contributed by atoms with Crippen LogP contribution in [0, 0.1) is 5.82 Å². The lowest BCUT2D eigenvalue weighted by molar-refractivity contribution is -0.114. The Balaban J connectivity index is 1.58. The van der Waals surface area contributed by atoms with Gasteiger partial charge >= 0.3 is 0 Å². The molecule has 3 rings (SSSR count). The average Bonchev–Trinajstić information content (AvgIpc) is 2.72. The van der Waals surface area contributed by atoms with Crippen molar-refractivity contribution in [1.82, 2.24) is 0 Å². The van der Waals surface area contributed by atoms with Crippen LogP contribution in [-0.2, 0) is 4.79 Å². The molecule has 0 saturated heterocycles. The Kier molecular flexibility index (Phi) is 6.14. The summed E-state index contributed by atoms with van der Waals surface area (Å²) in [4.78, 5) is 35.6. The van der Waals surface area contributed by atoms with E-state index in [0.29, 0.717) is 28.1 Å². The summed E-state index contributed by atoms with van der Waals surface area (Å²) >= 11 is 0. The Hall–Kier alpha value is -3.80. The predicted molar refractivity (Wildman–Crippen MR) is 107 cm³/mol. The number of Topliss-reactive ketones (excluding diaryl/α,β-unsaturated/α-hetero) is 1. The number of anilines is 1. The minimum absolute atomic E-state index is 0.162. The molecule has 0 aliphatic rings. The van der Waals surface area contributed by atoms with Crippen molar-refractivity contribution in [2.24, 2.45) is 0 Å². The first-order valence-electron chi connectivity index (χ1n) is 8.86. The van der Waals surface area contributed by atoms with Crippen LogP contribution in [0.4, 0.5) is 10.1 Å². The zero-order valence-corrected chi connectivity index (χ0v) is 15.6. The molecule has 1 amide bonds. The average molecular weight is 391 g/mol. The summed E-state index contributed by atoms with van der Waals surface area (Å²) in [6.45, 7) is 1.25. The molecule has 5 nitrogen and oxygen atoms in total. The van der Waals surface area contributed by atoms with Crippen LogP contribution in [0.1, 0.15) is 33.2 Å². The fraction of sp³-hybridized carbons (Fsp3) is 0.0870. The molecule has 0 saturated carbocycles. The summed E-state index contributed by atoms with van der Waals surface area (Å²) in [5.74, 6) is -0.588. The van der Waals surface area contributed by atoms with E-state index in [4.69, 9.17) is 4.74 Å². The van der Waals surface area contributed by atoms with Crippen LogP contribution in [-0.4, -0.2) is 24.1 Å². The predicted octanol–water partition coefficient (Wildman–Crippen LogP) is 4.28. The first kappa shape index (κ1) is 19.9. The Labute approximate surface area is 167 Å². The van der Waals surface area contributed by atoms with E-state index in [0.717, 1.165) is 0 Å². The van der Waals surface area contributed by atoms with Crippen molar-refractivity contribution in [2.75, 3.05) is 11.9 Å². The number of nitrogens with one attached hydrogen (secondary N) is 1. The third-order valence-corrected chi connectivity index (χ3v) is 4.12. The van der Waals surface area contributed by atoms with Gasteiger partial charge in [0, 0.05) is 29.3 Å². The van der Waals surface area contributed by atoms with Gasteiger partial charge in [-0.3, -0.25) is 14.4 Å². The van der Waals surface area contributed by atoms with E-state index in [9.17, 15) is 18.8 Å². The fourth-order valence-electron chi connectivity index (χ4n) is 2.65. The molecule has 0 fully saturated rings. The Morgan fingerprint density at radius 2 is 1.31 bits per heavy atom. The van der Waals surface area contributed by atoms with Crippen molar-refractivity contribution in [1.29, 1.82) is 0 Å². The molecular formula is C23H18FNO4. The molecule has 3 aromatic carbocycles. The number of rotatable bonds is 7. The zero-order chi connectivity index (χ0) is 20.8. The number of ketones is 2. The number of halogens is 1. The first-order valence-corrected chi connectivity index (χ1v) is 8.86. The highest BCUT2D eigenvalue weighted by atomic mass is 19.1. The Morgan fingerprint density at radius 3 is 1.86 bits per heavy atom. The number of benzene rings is 3. The molecule has 6 heteroatoms. The van der Waals surface area contributed by atoms with E-state index in [1.807, 2.05) is 0 Å². The van der Waals surface area contributed by atoms with Crippen LogP contribution in [0.5, 0.6) is 5.75 Å². The van der Waals surface area contributed by atoms with E-state index in [1.54, 1.807) is 48.5 Å². The minimum Gasteiger partial charge on any atom is -0.485 e. The fourth-order valence-corrected chi connectivity index (χ4v) is 2.65. The molecule has 1 N–H and O–H groups in total. The van der Waals surface area contributed by atoms with E-state index < -0.39 is 5.82 Å². The van der Waals surface area contributed by atoms with Crippen LogP contribution >= 0.6 is 0 Å². The second kappa shape index (κ2) is 8.93. The lowest BCUT2D eigenvalue weighted by Gasteiger charge is -2.08. The van der Waals surface area contributed by atoms with Gasteiger partial charge in [-0.1, -0.05) is 0 Å². The molecule has 146 valence electrons. The summed E-state index contributed by atoms with van der Waals surface area (Å²) in [6, 6.07) is 18.2. The third-order valence-electron chi connectivity index (χ3n) is 4.12. The molecule has 0 aromatic heterocycles. The van der Waals surface area contributed by atoms with Crippen molar-refractivity contribution in [3.63, 3.8) is 0 Å². The van der Waals surface area contributed by atoms with Gasteiger partial charge in [-0.15, -0.1) is 0 Å². The molecule has 29 heavy (non-hydrogen) atoms. The van der Waals surface area contributed by atoms with Crippen LogP contribution in [0.25, 0.3) is 0 Å². The SMILES string of the molecule is CC(=O)Nc1ccc(C(=O)COc2ccc(C(=O)c3ccc(F)cc3)cc2)cc1. The maximum Gasteiger partial charge on any atom is 0.221 e. The van der Waals surface area contributed by atoms with Gasteiger partial charge < -0.3 is 10.1 Å². The highest BCUT2D eigenvalue weighted by molar-refractivity contribution is 6.09. The second-order valence-electron chi connectivity index (χ2n) is 6.33. The maximum atomic E-state index is 13.0. The molecular weight excluding hydrogens is 373 g/mol. The van der Waals surface area contributed by atoms with E-state index in [2.05, 4.69) is 5.32 Å². The van der Waals surface area contributed by atoms with Gasteiger partial charge in [0.05, 0.1) is 0 Å². The van der Waals surface area contributed by atoms with E-state index in [-0.39, 0.29) is 24.1 Å². The Morgan fingerprint density at radius 1 is 0.793 bits per heavy atom. The smallest absolute Gasteiger partial charge is 0.221 e. The molecule has 0 bridgehead atoms. The number of amides is 1. The molecule has 0 spiro atoms. The first-order chi connectivity index (χ1) is 13.9. The van der Waals surface area contributed by atoms with Crippen molar-refractivity contribution in [2.45, 2.75) is 6.92 Å². The van der Waals surface area contributed by atoms with Gasteiger partial charge in [0.2, 0.25) is 5.91 Å². The lowest BCUT2D eigenvalue weighted by Crippen LogP contribution is -2.12. The second-order valence-corrected chi connectivity index (χ2v) is 6.33.